The van der Waals surface area contributed by atoms with Gasteiger partial charge in [0.2, 0.25) is 5.43 Å². The van der Waals surface area contributed by atoms with Gasteiger partial charge in [0.15, 0.2) is 0 Å². The number of carbonyl (C=O) groups is 1. The topological polar surface area (TPSA) is 57.5 Å². The highest BCUT2D eigenvalue weighted by atomic mass is 16.5. The summed E-state index contributed by atoms with van der Waals surface area (Å²) in [4.78, 5) is 24.1. The Kier molecular flexibility index (Phi) is 2.74. The van der Waals surface area contributed by atoms with Crippen molar-refractivity contribution in [2.45, 2.75) is 13.5 Å². The molecular weight excluding hydrogens is 246 g/mol. The molecule has 0 aliphatic carbocycles. The van der Waals surface area contributed by atoms with Crippen LogP contribution >= 0.6 is 0 Å². The van der Waals surface area contributed by atoms with Crippen LogP contribution in [0.3, 0.4) is 0 Å². The summed E-state index contributed by atoms with van der Waals surface area (Å²) in [5.41, 5.74) is 0.511. The molecule has 0 atom stereocenters. The molecule has 0 fully saturated rings. The zero-order valence-corrected chi connectivity index (χ0v) is 10.5. The van der Waals surface area contributed by atoms with E-state index in [1.165, 1.54) is 0 Å². The van der Waals surface area contributed by atoms with E-state index in [4.69, 9.17) is 9.47 Å². The van der Waals surface area contributed by atoms with E-state index in [0.717, 1.165) is 5.52 Å². The SMILES string of the molecule is CCOC(=O)c1cn2c3c(cccc3c1=O)OCC2. The molecule has 1 aromatic carbocycles. The number of rotatable bonds is 2. The Hall–Kier alpha value is -2.30. The summed E-state index contributed by atoms with van der Waals surface area (Å²) in [7, 11) is 0. The highest BCUT2D eigenvalue weighted by molar-refractivity contribution is 5.95. The average molecular weight is 259 g/mol. The fraction of sp³-hybridized carbons (Fsp3) is 0.286. The lowest BCUT2D eigenvalue weighted by Crippen LogP contribution is -2.24. The molecule has 2 heterocycles. The second-order valence-electron chi connectivity index (χ2n) is 4.29. The van der Waals surface area contributed by atoms with Gasteiger partial charge in [0.1, 0.15) is 17.9 Å². The standard InChI is InChI=1S/C14H13NO4/c1-2-18-14(17)10-8-15-6-7-19-11-5-3-4-9(12(11)15)13(10)16/h3-5,8H,2,6-7H2,1H3. The molecule has 19 heavy (non-hydrogen) atoms. The molecule has 0 N–H and O–H groups in total. The summed E-state index contributed by atoms with van der Waals surface area (Å²) < 4.78 is 12.3. The molecule has 2 aromatic rings. The number of benzene rings is 1. The van der Waals surface area contributed by atoms with Crippen LogP contribution in [0.4, 0.5) is 0 Å². The minimum absolute atomic E-state index is 0.0772. The van der Waals surface area contributed by atoms with Gasteiger partial charge >= 0.3 is 5.97 Å². The Morgan fingerprint density at radius 3 is 3.11 bits per heavy atom. The number of aromatic nitrogens is 1. The molecule has 0 saturated heterocycles. The van der Waals surface area contributed by atoms with Gasteiger partial charge in [-0.3, -0.25) is 4.79 Å². The highest BCUT2D eigenvalue weighted by Gasteiger charge is 2.20. The largest absolute Gasteiger partial charge is 0.490 e. The number of hydrogen-bond acceptors (Lipinski definition) is 4. The second-order valence-corrected chi connectivity index (χ2v) is 4.29. The van der Waals surface area contributed by atoms with Crippen molar-refractivity contribution in [3.8, 4) is 5.75 Å². The minimum Gasteiger partial charge on any atom is -0.490 e. The number of esters is 1. The first-order chi connectivity index (χ1) is 9.22. The van der Waals surface area contributed by atoms with Crippen LogP contribution in [0.15, 0.2) is 29.2 Å². The van der Waals surface area contributed by atoms with Gasteiger partial charge in [-0.25, -0.2) is 4.79 Å². The van der Waals surface area contributed by atoms with Crippen LogP contribution in [0, 0.1) is 0 Å². The van der Waals surface area contributed by atoms with Crippen LogP contribution in [0.25, 0.3) is 10.9 Å². The molecule has 98 valence electrons. The lowest BCUT2D eigenvalue weighted by atomic mass is 10.1. The summed E-state index contributed by atoms with van der Waals surface area (Å²) in [6.07, 6.45) is 1.56. The average Bonchev–Trinajstić information content (AvgIpc) is 2.43. The first-order valence-corrected chi connectivity index (χ1v) is 6.18. The predicted molar refractivity (Wildman–Crippen MR) is 69.7 cm³/mol. The van der Waals surface area contributed by atoms with Crippen LogP contribution in [-0.2, 0) is 11.3 Å². The Morgan fingerprint density at radius 2 is 2.32 bits per heavy atom. The molecule has 0 spiro atoms. The molecule has 0 amide bonds. The van der Waals surface area contributed by atoms with Crippen molar-refractivity contribution in [1.29, 1.82) is 0 Å². The van der Waals surface area contributed by atoms with Crippen LogP contribution in [0.1, 0.15) is 17.3 Å². The maximum absolute atomic E-state index is 12.3. The third-order valence-electron chi connectivity index (χ3n) is 3.15. The maximum Gasteiger partial charge on any atom is 0.343 e. The molecule has 5 heteroatoms. The van der Waals surface area contributed by atoms with Crippen molar-refractivity contribution in [2.75, 3.05) is 13.2 Å². The van der Waals surface area contributed by atoms with Gasteiger partial charge < -0.3 is 14.0 Å². The van der Waals surface area contributed by atoms with Crippen LogP contribution in [0.2, 0.25) is 0 Å². The summed E-state index contributed by atoms with van der Waals surface area (Å²) in [5, 5.41) is 0.489. The Balaban J connectivity index is 2.31. The van der Waals surface area contributed by atoms with E-state index < -0.39 is 5.97 Å². The van der Waals surface area contributed by atoms with E-state index in [9.17, 15) is 9.59 Å². The third kappa shape index (κ3) is 1.78. The number of carbonyl (C=O) groups excluding carboxylic acids is 1. The van der Waals surface area contributed by atoms with Crippen molar-refractivity contribution in [3.63, 3.8) is 0 Å². The Morgan fingerprint density at radius 1 is 1.47 bits per heavy atom. The number of nitrogens with zero attached hydrogens (tertiary/aromatic N) is 1. The van der Waals surface area contributed by atoms with Gasteiger partial charge in [0.05, 0.1) is 24.1 Å². The third-order valence-corrected chi connectivity index (χ3v) is 3.15. The second kappa shape index (κ2) is 4.42. The van der Waals surface area contributed by atoms with Crippen LogP contribution < -0.4 is 10.2 Å². The predicted octanol–water partition coefficient (Wildman–Crippen LogP) is 1.57. The lowest BCUT2D eigenvalue weighted by Gasteiger charge is -2.21. The van der Waals surface area contributed by atoms with Gasteiger partial charge in [-0.05, 0) is 19.1 Å². The first-order valence-electron chi connectivity index (χ1n) is 6.18. The Bertz CT molecular complexity index is 717. The van der Waals surface area contributed by atoms with E-state index in [1.807, 2.05) is 10.6 Å². The number of para-hydroxylation sites is 1. The first kappa shape index (κ1) is 11.8. The lowest BCUT2D eigenvalue weighted by molar-refractivity contribution is 0.0524. The van der Waals surface area contributed by atoms with Crippen LogP contribution in [-0.4, -0.2) is 23.8 Å². The van der Waals surface area contributed by atoms with Crippen molar-refractivity contribution >= 4 is 16.9 Å². The fourth-order valence-corrected chi connectivity index (χ4v) is 2.33. The van der Waals surface area contributed by atoms with E-state index in [2.05, 4.69) is 0 Å². The highest BCUT2D eigenvalue weighted by Crippen LogP contribution is 2.27. The zero-order valence-electron chi connectivity index (χ0n) is 10.5. The molecule has 5 nitrogen and oxygen atoms in total. The van der Waals surface area contributed by atoms with Crippen LogP contribution in [0.5, 0.6) is 5.75 Å². The van der Waals surface area contributed by atoms with Gasteiger partial charge in [0.25, 0.3) is 0 Å². The monoisotopic (exact) mass is 259 g/mol. The van der Waals surface area contributed by atoms with Crippen molar-refractivity contribution in [3.05, 3.63) is 40.2 Å². The smallest absolute Gasteiger partial charge is 0.343 e. The molecule has 0 unspecified atom stereocenters. The molecule has 3 rings (SSSR count). The van der Waals surface area contributed by atoms with Gasteiger partial charge in [-0.15, -0.1) is 0 Å². The summed E-state index contributed by atoms with van der Waals surface area (Å²) in [6, 6.07) is 5.28. The van der Waals surface area contributed by atoms with E-state index >= 15 is 0 Å². The maximum atomic E-state index is 12.3. The Labute approximate surface area is 109 Å². The molecule has 1 aromatic heterocycles. The summed E-state index contributed by atoms with van der Waals surface area (Å²) in [5.74, 6) is 0.103. The molecule has 0 radical (unpaired) electrons. The molecule has 0 bridgehead atoms. The van der Waals surface area contributed by atoms with E-state index in [-0.39, 0.29) is 17.6 Å². The normalized spacial score (nSPS) is 13.1. The number of ether oxygens (including phenoxy) is 2. The molecule has 0 saturated carbocycles. The van der Waals surface area contributed by atoms with Gasteiger partial charge in [-0.1, -0.05) is 6.07 Å². The van der Waals surface area contributed by atoms with Crippen molar-refractivity contribution in [1.82, 2.24) is 4.57 Å². The fourth-order valence-electron chi connectivity index (χ4n) is 2.33. The molecule has 1 aliphatic heterocycles. The van der Waals surface area contributed by atoms with Gasteiger partial charge in [0, 0.05) is 6.20 Å². The summed E-state index contributed by atoms with van der Waals surface area (Å²) >= 11 is 0. The number of pyridine rings is 1. The van der Waals surface area contributed by atoms with Crippen molar-refractivity contribution in [2.24, 2.45) is 0 Å². The summed E-state index contributed by atoms with van der Waals surface area (Å²) in [6.45, 7) is 3.10. The quantitative estimate of drug-likeness (QED) is 0.768. The van der Waals surface area contributed by atoms with E-state index in [1.54, 1.807) is 25.3 Å². The minimum atomic E-state index is -0.574. The van der Waals surface area contributed by atoms with Crippen molar-refractivity contribution < 1.29 is 14.3 Å². The molecular formula is C14H13NO4. The molecule has 1 aliphatic rings. The van der Waals surface area contributed by atoms with E-state index in [0.29, 0.717) is 24.3 Å². The van der Waals surface area contributed by atoms with Gasteiger partial charge in [-0.2, -0.15) is 0 Å². The zero-order chi connectivity index (χ0) is 13.4. The number of hydrogen-bond donors (Lipinski definition) is 0.